The Morgan fingerprint density at radius 2 is 1.18 bits per heavy atom. The van der Waals surface area contributed by atoms with E-state index in [1.165, 1.54) is 0 Å². The molecule has 0 saturated heterocycles. The van der Waals surface area contributed by atoms with Crippen molar-refractivity contribution in [2.45, 2.75) is 39.9 Å². The molecule has 0 atom stereocenters. The fourth-order valence-electron chi connectivity index (χ4n) is 8.48. The van der Waals surface area contributed by atoms with Gasteiger partial charge in [0.2, 0.25) is 0 Å². The van der Waals surface area contributed by atoms with Crippen molar-refractivity contribution >= 4 is 11.0 Å². The minimum atomic E-state index is -2.45. The van der Waals surface area contributed by atoms with Crippen molar-refractivity contribution in [2.24, 2.45) is 0 Å². The molecule has 0 bridgehead atoms. The van der Waals surface area contributed by atoms with Crippen LogP contribution in [0.4, 0.5) is 0 Å². The molecule has 0 radical (unpaired) electrons. The van der Waals surface area contributed by atoms with E-state index in [1.807, 2.05) is 114 Å². The van der Waals surface area contributed by atoms with Crippen LogP contribution in [0.5, 0.6) is 5.75 Å². The van der Waals surface area contributed by atoms with Gasteiger partial charge >= 0.3 is 0 Å². The number of nitrogens with zero attached hydrogens (tertiary/aromatic N) is 3. The zero-order valence-corrected chi connectivity index (χ0v) is 38.4. The van der Waals surface area contributed by atoms with Crippen molar-refractivity contribution in [1.29, 1.82) is 0 Å². The van der Waals surface area contributed by atoms with Gasteiger partial charge in [0.05, 0.1) is 22.3 Å². The quantitative estimate of drug-likeness (QED) is 0.154. The third-order valence-corrected chi connectivity index (χ3v) is 11.9. The summed E-state index contributed by atoms with van der Waals surface area (Å²) in [6, 6.07) is 63.6. The van der Waals surface area contributed by atoms with E-state index in [4.69, 9.17) is 18.2 Å². The maximum Gasteiger partial charge on any atom is 0.148 e. The molecule has 0 saturated carbocycles. The van der Waals surface area contributed by atoms with Crippen molar-refractivity contribution in [3.63, 3.8) is 0 Å². The Bertz CT molecular complexity index is 3540. The van der Waals surface area contributed by atoms with Gasteiger partial charge in [-0.1, -0.05) is 183 Å². The first kappa shape index (κ1) is 36.2. The van der Waals surface area contributed by atoms with Crippen molar-refractivity contribution < 1.29 is 34.4 Å². The van der Waals surface area contributed by atoms with Gasteiger partial charge in [-0.05, 0) is 100 Å². The molecule has 0 aliphatic heterocycles. The summed E-state index contributed by atoms with van der Waals surface area (Å²) >= 11 is 0. The second-order valence-electron chi connectivity index (χ2n) is 17.1. The second kappa shape index (κ2) is 17.8. The van der Waals surface area contributed by atoms with Crippen molar-refractivity contribution in [3.8, 4) is 89.7 Å². The SMILES string of the molecule is [2H]C([2H])([2H])c1ccc(-c2ccnc(-c3[c-]c(-c4cccc5c4nc(-c4ccccc4O)n5-c4cc(-c5ccccc5)c(C([2H])([2H])[2H])cc4-c4ccc(C(C)(C)C)cc4)cc(-c4ccccc4)c3)c2)cc1.[Pt]. The molecule has 2 heterocycles. The Morgan fingerprint density at radius 1 is 0.538 bits per heavy atom. The van der Waals surface area contributed by atoms with Crippen molar-refractivity contribution in [1.82, 2.24) is 14.5 Å². The Balaban J connectivity index is 0.00000624. The number of fused-ring (bicyclic) bond motifs is 1. The van der Waals surface area contributed by atoms with Crippen LogP contribution in [0, 0.1) is 19.8 Å². The van der Waals surface area contributed by atoms with Crippen LogP contribution >= 0.6 is 0 Å². The topological polar surface area (TPSA) is 50.9 Å². The van der Waals surface area contributed by atoms with Gasteiger partial charge in [0.15, 0.2) is 0 Å². The van der Waals surface area contributed by atoms with Gasteiger partial charge in [0, 0.05) is 46.7 Å². The van der Waals surface area contributed by atoms with E-state index >= 15 is 0 Å². The monoisotopic (exact) mass is 1030 g/mol. The zero-order valence-electron chi connectivity index (χ0n) is 42.1. The molecule has 10 aromatic rings. The summed E-state index contributed by atoms with van der Waals surface area (Å²) in [5.74, 6) is 0.505. The van der Waals surface area contributed by atoms with E-state index in [0.717, 1.165) is 61.2 Å². The summed E-state index contributed by atoms with van der Waals surface area (Å²) in [4.78, 5) is 10.3. The average molecular weight is 1030 g/mol. The van der Waals surface area contributed by atoms with E-state index in [9.17, 15) is 5.11 Å². The molecule has 0 fully saturated rings. The van der Waals surface area contributed by atoms with Gasteiger partial charge in [0.25, 0.3) is 0 Å². The van der Waals surface area contributed by atoms with Gasteiger partial charge < -0.3 is 5.11 Å². The molecule has 0 amide bonds. The number of benzene rings is 8. The first-order valence-electron chi connectivity index (χ1n) is 24.4. The number of hydrogen-bond donors (Lipinski definition) is 1. The molecule has 0 aliphatic carbocycles. The van der Waals surface area contributed by atoms with Gasteiger partial charge in [-0.3, -0.25) is 9.55 Å². The van der Waals surface area contributed by atoms with Crippen LogP contribution in [0.3, 0.4) is 0 Å². The molecule has 1 N–H and O–H groups in total. The van der Waals surface area contributed by atoms with Crippen molar-refractivity contribution in [2.75, 3.05) is 0 Å². The number of phenols is 1. The van der Waals surface area contributed by atoms with Crippen LogP contribution < -0.4 is 0 Å². The maximum absolute atomic E-state index is 11.6. The normalized spacial score (nSPS) is 13.2. The molecule has 0 spiro atoms. The van der Waals surface area contributed by atoms with Gasteiger partial charge in [-0.25, -0.2) is 4.98 Å². The molecule has 320 valence electrons. The number of rotatable bonds is 8. The van der Waals surface area contributed by atoms with Crippen LogP contribution in [-0.4, -0.2) is 19.6 Å². The summed E-state index contributed by atoms with van der Waals surface area (Å²) in [6.07, 6.45) is 1.75. The van der Waals surface area contributed by atoms with E-state index in [0.29, 0.717) is 39.4 Å². The van der Waals surface area contributed by atoms with E-state index in [1.54, 1.807) is 36.5 Å². The molecule has 0 unspecified atom stereocenters. The van der Waals surface area contributed by atoms with Crippen LogP contribution in [0.1, 0.15) is 45.7 Å². The molecule has 65 heavy (non-hydrogen) atoms. The summed E-state index contributed by atoms with van der Waals surface area (Å²) in [6.45, 7) is 1.83. The predicted molar refractivity (Wildman–Crippen MR) is 266 cm³/mol. The summed E-state index contributed by atoms with van der Waals surface area (Å²) in [5.41, 5.74) is 13.5. The number of aryl methyl sites for hydroxylation is 2. The van der Waals surface area contributed by atoms with Gasteiger partial charge in [0.1, 0.15) is 11.6 Å². The van der Waals surface area contributed by atoms with Crippen LogP contribution in [0.25, 0.3) is 95.0 Å². The number of pyridine rings is 1. The zero-order chi connectivity index (χ0) is 49.0. The Kier molecular flexibility index (Phi) is 9.92. The predicted octanol–water partition coefficient (Wildman–Crippen LogP) is 15.5. The summed E-state index contributed by atoms with van der Waals surface area (Å²) < 4.78 is 52.1. The summed E-state index contributed by atoms with van der Waals surface area (Å²) in [5, 5.41) is 11.6. The van der Waals surface area contributed by atoms with Gasteiger partial charge in [-0.2, -0.15) is 0 Å². The molecule has 8 aromatic carbocycles. The Morgan fingerprint density at radius 3 is 1.89 bits per heavy atom. The van der Waals surface area contributed by atoms with E-state index in [-0.39, 0.29) is 43.4 Å². The molecular formula is C60H48N3OPt-. The van der Waals surface area contributed by atoms with Gasteiger partial charge in [-0.15, -0.1) is 23.8 Å². The maximum atomic E-state index is 11.6. The summed E-state index contributed by atoms with van der Waals surface area (Å²) in [7, 11) is 0. The van der Waals surface area contributed by atoms with E-state index < -0.39 is 13.7 Å². The minimum absolute atomic E-state index is 0. The first-order valence-corrected chi connectivity index (χ1v) is 21.4. The van der Waals surface area contributed by atoms with Crippen molar-refractivity contribution in [3.05, 3.63) is 217 Å². The minimum Gasteiger partial charge on any atom is -0.507 e. The van der Waals surface area contributed by atoms with Crippen LogP contribution in [0.15, 0.2) is 194 Å². The number of para-hydroxylation sites is 2. The fraction of sp³-hybridized carbons (Fsp3) is 0.100. The Hall–Kier alpha value is -7.13. The molecule has 10 rings (SSSR count). The molecule has 0 aliphatic rings. The molecule has 5 heteroatoms. The first-order chi connectivity index (χ1) is 33.5. The third-order valence-electron chi connectivity index (χ3n) is 11.9. The number of imidazole rings is 1. The Labute approximate surface area is 404 Å². The molecular weight excluding hydrogens is 974 g/mol. The second-order valence-corrected chi connectivity index (χ2v) is 17.1. The standard InChI is InChI=1S/C60H48N3O.Pt/c1-39-23-25-42(26-24-39)45-31-32-61-54(37-45)48-35-46(41-15-8-6-9-16-41)34-47(36-48)50-20-14-21-55-58(50)62-59(51-19-12-13-22-57(51)64)63(55)56-38-52(43-17-10-7-11-18-43)40(2)33-53(56)44-27-29-49(30-28-44)60(3,4)5;/h6-35,37-38,64H,1-5H3;/q-1;/i1D3,2D3;. The largest absolute Gasteiger partial charge is 0.507 e. The molecule has 4 nitrogen and oxygen atoms in total. The van der Waals surface area contributed by atoms with Crippen LogP contribution in [-0.2, 0) is 26.5 Å². The number of aromatic nitrogens is 3. The number of aromatic hydroxyl groups is 1. The smallest absolute Gasteiger partial charge is 0.148 e. The average Bonchev–Trinajstić information content (AvgIpc) is 3.75. The molecule has 2 aromatic heterocycles. The number of phenolic OH excluding ortho intramolecular Hbond substituents is 1. The van der Waals surface area contributed by atoms with Crippen LogP contribution in [0.2, 0.25) is 0 Å². The fourth-order valence-corrected chi connectivity index (χ4v) is 8.48. The number of hydrogen-bond acceptors (Lipinski definition) is 3. The third kappa shape index (κ3) is 8.51. The van der Waals surface area contributed by atoms with E-state index in [2.05, 4.69) is 75.4 Å².